The van der Waals surface area contributed by atoms with Gasteiger partial charge in [0.2, 0.25) is 76.8 Å². The third-order valence-electron chi connectivity index (χ3n) is 16.7. The molecule has 20 N–H and O–H groups in total. The van der Waals surface area contributed by atoms with Crippen molar-refractivity contribution in [2.24, 2.45) is 23.1 Å². The molecule has 1 saturated heterocycles. The fourth-order valence-electron chi connectivity index (χ4n) is 11.3. The van der Waals surface area contributed by atoms with E-state index in [1.807, 2.05) is 12.1 Å². The van der Waals surface area contributed by atoms with Crippen LogP contribution in [0, 0.1) is 5.92 Å². The number of aromatic amines is 2. The van der Waals surface area contributed by atoms with Gasteiger partial charge in [-0.1, -0.05) is 87.0 Å². The normalized spacial score (nSPS) is 15.8. The van der Waals surface area contributed by atoms with E-state index < -0.39 is 175 Å². The van der Waals surface area contributed by atoms with Crippen LogP contribution in [0.4, 0.5) is 0 Å². The fraction of sp³-hybridized carbons (Fsp3) is 0.455. The van der Waals surface area contributed by atoms with Crippen molar-refractivity contribution in [3.63, 3.8) is 0 Å². The predicted octanol–water partition coefficient (Wildman–Crippen LogP) is -2.81. The van der Waals surface area contributed by atoms with E-state index in [1.165, 1.54) is 11.8 Å². The smallest absolute Gasteiger partial charge is 0.305 e. The number of rotatable bonds is 38. The summed E-state index contributed by atoms with van der Waals surface area (Å²) < 4.78 is 0. The van der Waals surface area contributed by atoms with E-state index in [0.29, 0.717) is 57.8 Å². The highest BCUT2D eigenvalue weighted by Gasteiger charge is 2.41. The number of unbranched alkanes of at least 4 members (excludes halogenated alkanes) is 1. The Hall–Kier alpha value is -10.8. The Morgan fingerprint density at radius 1 is 0.582 bits per heavy atom. The highest BCUT2D eigenvalue weighted by Crippen LogP contribution is 2.25. The van der Waals surface area contributed by atoms with E-state index in [9.17, 15) is 67.7 Å². The number of carboxylic acid groups (broad SMARTS) is 1. The van der Waals surface area contributed by atoms with E-state index in [1.54, 1.807) is 93.0 Å². The summed E-state index contributed by atoms with van der Waals surface area (Å²) in [6.07, 6.45) is 2.76. The maximum Gasteiger partial charge on any atom is 0.305 e. The number of aliphatic carboxylic acids is 1. The Bertz CT molecular complexity index is 3690. The van der Waals surface area contributed by atoms with Crippen LogP contribution < -0.4 is 70.4 Å². The molecule has 528 valence electrons. The Morgan fingerprint density at radius 2 is 1.10 bits per heavy atom. The van der Waals surface area contributed by atoms with Crippen molar-refractivity contribution < 1.29 is 77.3 Å². The van der Waals surface area contributed by atoms with Gasteiger partial charge < -0.3 is 95.4 Å². The van der Waals surface area contributed by atoms with Crippen LogP contribution in [0.5, 0.6) is 0 Å². The van der Waals surface area contributed by atoms with Crippen molar-refractivity contribution in [3.05, 3.63) is 108 Å². The number of carbonyl (C=O) groups is 14. The summed E-state index contributed by atoms with van der Waals surface area (Å²) in [5.74, 6) is -13.5. The van der Waals surface area contributed by atoms with Crippen LogP contribution in [0.15, 0.2) is 91.3 Å². The molecule has 3 heterocycles. The summed E-state index contributed by atoms with van der Waals surface area (Å²) in [4.78, 5) is 197. The van der Waals surface area contributed by atoms with E-state index in [-0.39, 0.29) is 51.6 Å². The van der Waals surface area contributed by atoms with Gasteiger partial charge >= 0.3 is 5.97 Å². The fourth-order valence-corrected chi connectivity index (χ4v) is 11.3. The zero-order valence-electron chi connectivity index (χ0n) is 54.9. The number of nitrogens with zero attached hydrogens (tertiary/aromatic N) is 1. The third-order valence-corrected chi connectivity index (χ3v) is 16.7. The highest BCUT2D eigenvalue weighted by atomic mass is 16.4. The number of aliphatic hydroxyl groups is 1. The SMILES string of the molecule is CC[C@H](C)[C@H](NC(=O)CNC(=O)[C@@H]1CCCN1C(=O)[C@H](Cc1c[nH]c2ccccc12)NC(=O)[C@H](Cc1c[nH]c2ccccc12)NC(=O)[C@H](CCCCN)NC(=O)[C@H](C)NC(=O)[C@H](CC(N)=O)NC(=O)[C@H](CO)NC(C)=O)C(=O)N[C@@H](Cc1ccccc1)C(=O)N[C@@H](CC(=O)O)C(N)=O. The molecule has 11 atom stereocenters. The van der Waals surface area contributed by atoms with Crippen LogP contribution >= 0.6 is 0 Å². The summed E-state index contributed by atoms with van der Waals surface area (Å²) in [5.41, 5.74) is 19.8. The average Bonchev–Trinajstić information content (AvgIpc) is 1.64. The Balaban J connectivity index is 1.22. The van der Waals surface area contributed by atoms with Crippen LogP contribution in [0.2, 0.25) is 0 Å². The number of likely N-dealkylation sites (tertiary alicyclic amines) is 1. The van der Waals surface area contributed by atoms with Crippen molar-refractivity contribution in [2.45, 2.75) is 159 Å². The number of hydrogen-bond donors (Lipinski definition) is 17. The maximum absolute atomic E-state index is 15.3. The molecule has 0 radical (unpaired) electrons. The van der Waals surface area contributed by atoms with Gasteiger partial charge in [-0.2, -0.15) is 0 Å². The molecule has 6 rings (SSSR count). The number of para-hydroxylation sites is 2. The average molecular weight is 1360 g/mol. The maximum atomic E-state index is 15.3. The largest absolute Gasteiger partial charge is 0.481 e. The number of primary amides is 2. The van der Waals surface area contributed by atoms with Gasteiger partial charge in [-0.05, 0) is 80.3 Å². The summed E-state index contributed by atoms with van der Waals surface area (Å²) >= 11 is 0. The molecule has 98 heavy (non-hydrogen) atoms. The first kappa shape index (κ1) is 76.3. The molecule has 0 bridgehead atoms. The second-order valence-electron chi connectivity index (χ2n) is 24.1. The Morgan fingerprint density at radius 3 is 1.67 bits per heavy atom. The Labute approximate surface area is 564 Å². The lowest BCUT2D eigenvalue weighted by Gasteiger charge is -2.30. The highest BCUT2D eigenvalue weighted by molar-refractivity contribution is 6.01. The number of hydrogen-bond acceptors (Lipinski definition) is 16. The Kier molecular flexibility index (Phi) is 28.7. The topological polar surface area (TPSA) is 513 Å². The second kappa shape index (κ2) is 36.9. The van der Waals surface area contributed by atoms with Gasteiger partial charge in [-0.3, -0.25) is 67.1 Å². The quantitative estimate of drug-likeness (QED) is 0.0177. The molecule has 1 aliphatic heterocycles. The first-order chi connectivity index (χ1) is 46.7. The van der Waals surface area contributed by atoms with E-state index >= 15 is 9.59 Å². The molecule has 1 aliphatic rings. The zero-order chi connectivity index (χ0) is 71.8. The molecule has 0 spiro atoms. The molecule has 3 aromatic carbocycles. The number of fused-ring (bicyclic) bond motifs is 2. The number of amides is 13. The summed E-state index contributed by atoms with van der Waals surface area (Å²) in [6, 6.07) is 8.47. The van der Waals surface area contributed by atoms with Gasteiger partial charge in [-0.25, -0.2) is 0 Å². The summed E-state index contributed by atoms with van der Waals surface area (Å²) in [6.45, 7) is 4.46. The first-order valence-corrected chi connectivity index (χ1v) is 32.2. The molecule has 32 heteroatoms. The van der Waals surface area contributed by atoms with Crippen LogP contribution in [0.1, 0.15) is 95.8 Å². The van der Waals surface area contributed by atoms with Crippen LogP contribution in [-0.4, -0.2) is 195 Å². The minimum atomic E-state index is -1.68. The van der Waals surface area contributed by atoms with Gasteiger partial charge in [-0.15, -0.1) is 0 Å². The van der Waals surface area contributed by atoms with Crippen LogP contribution in [0.25, 0.3) is 21.8 Å². The molecular formula is C66H88N16O16. The van der Waals surface area contributed by atoms with Crippen molar-refractivity contribution in [1.82, 2.24) is 68.0 Å². The lowest BCUT2D eigenvalue weighted by molar-refractivity contribution is -0.142. The predicted molar refractivity (Wildman–Crippen MR) is 355 cm³/mol. The third kappa shape index (κ3) is 22.2. The lowest BCUT2D eigenvalue weighted by atomic mass is 9.97. The number of aromatic nitrogens is 2. The van der Waals surface area contributed by atoms with Gasteiger partial charge in [0.05, 0.1) is 26.0 Å². The molecule has 32 nitrogen and oxygen atoms in total. The first-order valence-electron chi connectivity index (χ1n) is 32.2. The van der Waals surface area contributed by atoms with Crippen LogP contribution in [-0.2, 0) is 86.4 Å². The number of nitrogens with one attached hydrogen (secondary N) is 12. The summed E-state index contributed by atoms with van der Waals surface area (Å²) in [7, 11) is 0. The molecule has 5 aromatic rings. The van der Waals surface area contributed by atoms with E-state index in [4.69, 9.17) is 17.2 Å². The van der Waals surface area contributed by atoms with Crippen molar-refractivity contribution in [2.75, 3.05) is 26.2 Å². The number of H-pyrrole nitrogens is 2. The van der Waals surface area contributed by atoms with Gasteiger partial charge in [0.15, 0.2) is 0 Å². The summed E-state index contributed by atoms with van der Waals surface area (Å²) in [5, 5.41) is 45.7. The molecule has 0 unspecified atom stereocenters. The van der Waals surface area contributed by atoms with Crippen molar-refractivity contribution in [3.8, 4) is 0 Å². The van der Waals surface area contributed by atoms with E-state index in [0.717, 1.165) is 6.92 Å². The standard InChI is InChI=1S/C66H88N16O16/c1-5-35(2)56(65(97)79-47(26-38-16-7-6-8-17-38)61(93)76-46(57(69)89)30-55(87)88)81-54(86)33-72-64(96)52-23-15-25-82(52)66(98)50(28-40-32-71-44-21-12-10-19-42(40)44)80-62(94)48(27-39-31-70-43-20-11-9-18-41(39)43)77-59(91)45(22-13-14-24-67)75-58(90)36(3)73-60(92)49(29-53(68)85)78-63(95)51(34-83)74-37(4)84/h6-12,16-21,31-32,35-36,45-52,56,70-71,83H,5,13-15,22-30,33-34,67H2,1-4H3,(H2,68,85)(H2,69,89)(H,72,96)(H,73,92)(H,74,84)(H,75,90)(H,76,93)(H,77,91)(H,78,95)(H,79,97)(H,80,94)(H,81,86)(H,87,88)/t35-,36-,45-,46-,47-,48-,49-,50-,51-,52-,56-/m0/s1. The number of carboxylic acids is 1. The molecular weight excluding hydrogens is 1270 g/mol. The van der Waals surface area contributed by atoms with Crippen molar-refractivity contribution in [1.29, 1.82) is 0 Å². The van der Waals surface area contributed by atoms with Gasteiger partial charge in [0.25, 0.3) is 0 Å². The van der Waals surface area contributed by atoms with Gasteiger partial charge in [0.1, 0.15) is 60.4 Å². The monoisotopic (exact) mass is 1360 g/mol. The zero-order valence-corrected chi connectivity index (χ0v) is 54.9. The lowest BCUT2D eigenvalue weighted by Crippen LogP contribution is -2.60. The van der Waals surface area contributed by atoms with E-state index in [2.05, 4.69) is 63.1 Å². The molecule has 13 amide bonds. The molecule has 1 fully saturated rings. The second-order valence-corrected chi connectivity index (χ2v) is 24.1. The minimum absolute atomic E-state index is 0.0337. The molecule has 0 aliphatic carbocycles. The molecule has 0 saturated carbocycles. The number of aliphatic hydroxyl groups excluding tert-OH is 1. The minimum Gasteiger partial charge on any atom is -0.481 e. The number of carbonyl (C=O) groups excluding carboxylic acids is 13. The number of benzene rings is 3. The van der Waals surface area contributed by atoms with Gasteiger partial charge in [0, 0.05) is 66.9 Å². The van der Waals surface area contributed by atoms with Crippen LogP contribution in [0.3, 0.4) is 0 Å². The number of nitrogens with two attached hydrogens (primary N) is 3. The molecule has 2 aromatic heterocycles. The van der Waals surface area contributed by atoms with Crippen molar-refractivity contribution >= 4 is 105 Å².